The van der Waals surface area contributed by atoms with Crippen LogP contribution in [0.5, 0.6) is 0 Å². The second-order valence-electron chi connectivity index (χ2n) is 5.49. The molecule has 0 spiro atoms. The van der Waals surface area contributed by atoms with Crippen molar-refractivity contribution in [1.82, 2.24) is 14.8 Å². The van der Waals surface area contributed by atoms with E-state index in [0.29, 0.717) is 25.3 Å². The normalized spacial score (nSPS) is 26.9. The molecule has 2 unspecified atom stereocenters. The van der Waals surface area contributed by atoms with Crippen LogP contribution in [0.3, 0.4) is 0 Å². The standard InChI is InChI=1S/C13H19N3O3/c17-13(18)10-3-4-12-14-11(15-16(12)7-10)6-9-2-1-5-19-8-9/h9-10H,1-8H2,(H,17,18). The van der Waals surface area contributed by atoms with Gasteiger partial charge in [-0.25, -0.2) is 9.67 Å². The Balaban J connectivity index is 1.67. The largest absolute Gasteiger partial charge is 0.481 e. The molecular weight excluding hydrogens is 246 g/mol. The Morgan fingerprint density at radius 3 is 3.11 bits per heavy atom. The van der Waals surface area contributed by atoms with Crippen molar-refractivity contribution in [3.05, 3.63) is 11.6 Å². The predicted octanol–water partition coefficient (Wildman–Crippen LogP) is 0.894. The van der Waals surface area contributed by atoms with Crippen molar-refractivity contribution in [2.24, 2.45) is 11.8 Å². The third-order valence-electron chi connectivity index (χ3n) is 3.98. The van der Waals surface area contributed by atoms with Crippen molar-refractivity contribution < 1.29 is 14.6 Å². The molecule has 6 heteroatoms. The number of aryl methyl sites for hydroxylation is 1. The SMILES string of the molecule is O=C(O)C1CCc2nc(CC3CCCOC3)nn2C1. The summed E-state index contributed by atoms with van der Waals surface area (Å²) in [6.07, 6.45) is 4.50. The zero-order valence-electron chi connectivity index (χ0n) is 10.9. The van der Waals surface area contributed by atoms with Crippen LogP contribution < -0.4 is 0 Å². The van der Waals surface area contributed by atoms with Crippen molar-refractivity contribution in [3.63, 3.8) is 0 Å². The van der Waals surface area contributed by atoms with Gasteiger partial charge >= 0.3 is 5.97 Å². The molecule has 0 radical (unpaired) electrons. The molecule has 1 saturated heterocycles. The first kappa shape index (κ1) is 12.6. The van der Waals surface area contributed by atoms with Gasteiger partial charge in [0, 0.05) is 26.1 Å². The lowest BCUT2D eigenvalue weighted by Crippen LogP contribution is -2.27. The van der Waals surface area contributed by atoms with E-state index in [1.807, 2.05) is 0 Å². The maximum absolute atomic E-state index is 11.0. The molecule has 0 aliphatic carbocycles. The number of nitrogens with zero attached hydrogens (tertiary/aromatic N) is 3. The van der Waals surface area contributed by atoms with Gasteiger partial charge < -0.3 is 9.84 Å². The number of rotatable bonds is 3. The van der Waals surface area contributed by atoms with Crippen molar-refractivity contribution >= 4 is 5.97 Å². The summed E-state index contributed by atoms with van der Waals surface area (Å²) in [6.45, 7) is 2.12. The monoisotopic (exact) mass is 265 g/mol. The fourth-order valence-corrected chi connectivity index (χ4v) is 2.88. The highest BCUT2D eigenvalue weighted by Gasteiger charge is 2.27. The maximum Gasteiger partial charge on any atom is 0.308 e. The first-order valence-electron chi connectivity index (χ1n) is 6.95. The highest BCUT2D eigenvalue weighted by atomic mass is 16.5. The van der Waals surface area contributed by atoms with E-state index in [1.165, 1.54) is 6.42 Å². The second kappa shape index (κ2) is 5.28. The highest BCUT2D eigenvalue weighted by Crippen LogP contribution is 2.21. The predicted molar refractivity (Wildman–Crippen MR) is 66.7 cm³/mol. The Hall–Kier alpha value is -1.43. The minimum Gasteiger partial charge on any atom is -0.481 e. The zero-order chi connectivity index (χ0) is 13.2. The number of ether oxygens (including phenoxy) is 1. The molecule has 1 aromatic heterocycles. The lowest BCUT2D eigenvalue weighted by atomic mass is 9.98. The van der Waals surface area contributed by atoms with Crippen LogP contribution in [0.1, 0.15) is 30.9 Å². The Morgan fingerprint density at radius 1 is 1.47 bits per heavy atom. The molecule has 0 saturated carbocycles. The van der Waals surface area contributed by atoms with Gasteiger partial charge in [0.25, 0.3) is 0 Å². The van der Waals surface area contributed by atoms with Crippen molar-refractivity contribution in [2.45, 2.75) is 38.6 Å². The zero-order valence-corrected chi connectivity index (χ0v) is 10.9. The number of carbonyl (C=O) groups is 1. The molecule has 2 aliphatic heterocycles. The van der Waals surface area contributed by atoms with Gasteiger partial charge in [-0.3, -0.25) is 4.79 Å². The molecule has 0 bridgehead atoms. The van der Waals surface area contributed by atoms with Crippen LogP contribution in [0.2, 0.25) is 0 Å². The molecule has 1 fully saturated rings. The molecule has 19 heavy (non-hydrogen) atoms. The molecule has 3 heterocycles. The second-order valence-corrected chi connectivity index (χ2v) is 5.49. The van der Waals surface area contributed by atoms with Gasteiger partial charge in [0.2, 0.25) is 0 Å². The Kier molecular flexibility index (Phi) is 3.50. The van der Waals surface area contributed by atoms with Gasteiger partial charge in [-0.05, 0) is 25.2 Å². The molecule has 0 amide bonds. The summed E-state index contributed by atoms with van der Waals surface area (Å²) in [5.41, 5.74) is 0. The van der Waals surface area contributed by atoms with Crippen LogP contribution in [-0.2, 0) is 28.9 Å². The number of carboxylic acids is 1. The number of aliphatic carboxylic acids is 1. The summed E-state index contributed by atoms with van der Waals surface area (Å²) in [5, 5.41) is 13.5. The highest BCUT2D eigenvalue weighted by molar-refractivity contribution is 5.70. The summed E-state index contributed by atoms with van der Waals surface area (Å²) < 4.78 is 7.24. The van der Waals surface area contributed by atoms with Crippen LogP contribution in [-0.4, -0.2) is 39.1 Å². The van der Waals surface area contributed by atoms with E-state index < -0.39 is 5.97 Å². The number of carboxylic acid groups (broad SMARTS) is 1. The topological polar surface area (TPSA) is 77.2 Å². The van der Waals surface area contributed by atoms with Crippen LogP contribution in [0, 0.1) is 11.8 Å². The fourth-order valence-electron chi connectivity index (χ4n) is 2.88. The molecule has 104 valence electrons. The van der Waals surface area contributed by atoms with Gasteiger partial charge in [0.05, 0.1) is 12.5 Å². The molecule has 1 aromatic rings. The smallest absolute Gasteiger partial charge is 0.308 e. The number of fused-ring (bicyclic) bond motifs is 1. The minimum absolute atomic E-state index is 0.319. The van der Waals surface area contributed by atoms with E-state index in [-0.39, 0.29) is 5.92 Å². The molecule has 2 aliphatic rings. The van der Waals surface area contributed by atoms with Crippen LogP contribution in [0.15, 0.2) is 0 Å². The van der Waals surface area contributed by atoms with E-state index in [0.717, 1.165) is 37.7 Å². The molecule has 0 aromatic carbocycles. The average Bonchev–Trinajstić information content (AvgIpc) is 2.80. The van der Waals surface area contributed by atoms with Crippen molar-refractivity contribution in [3.8, 4) is 0 Å². The van der Waals surface area contributed by atoms with Gasteiger partial charge in [0.1, 0.15) is 5.82 Å². The number of aromatic nitrogens is 3. The lowest BCUT2D eigenvalue weighted by molar-refractivity contribution is -0.142. The Morgan fingerprint density at radius 2 is 2.37 bits per heavy atom. The minimum atomic E-state index is -0.733. The molecular formula is C13H19N3O3. The summed E-state index contributed by atoms with van der Waals surface area (Å²) >= 11 is 0. The number of hydrogen-bond acceptors (Lipinski definition) is 4. The van der Waals surface area contributed by atoms with Gasteiger partial charge in [-0.1, -0.05) is 0 Å². The van der Waals surface area contributed by atoms with E-state index in [2.05, 4.69) is 10.1 Å². The third-order valence-corrected chi connectivity index (χ3v) is 3.98. The summed E-state index contributed by atoms with van der Waals surface area (Å²) in [4.78, 5) is 15.6. The molecule has 2 atom stereocenters. The van der Waals surface area contributed by atoms with Crippen molar-refractivity contribution in [1.29, 1.82) is 0 Å². The average molecular weight is 265 g/mol. The molecule has 3 rings (SSSR count). The van der Waals surface area contributed by atoms with Crippen molar-refractivity contribution in [2.75, 3.05) is 13.2 Å². The summed E-state index contributed by atoms with van der Waals surface area (Å²) in [5.74, 6) is 1.23. The van der Waals surface area contributed by atoms with Crippen LogP contribution in [0.25, 0.3) is 0 Å². The fraction of sp³-hybridized carbons (Fsp3) is 0.769. The molecule has 6 nitrogen and oxygen atoms in total. The first-order chi connectivity index (χ1) is 9.22. The van der Waals surface area contributed by atoms with E-state index in [4.69, 9.17) is 9.84 Å². The van der Waals surface area contributed by atoms with Gasteiger partial charge in [0.15, 0.2) is 5.82 Å². The summed E-state index contributed by atoms with van der Waals surface area (Å²) in [6, 6.07) is 0. The van der Waals surface area contributed by atoms with E-state index in [1.54, 1.807) is 4.68 Å². The Bertz CT molecular complexity index is 466. The van der Waals surface area contributed by atoms with Gasteiger partial charge in [-0.15, -0.1) is 0 Å². The lowest BCUT2D eigenvalue weighted by Gasteiger charge is -2.20. The van der Waals surface area contributed by atoms with E-state index in [9.17, 15) is 4.79 Å². The van der Waals surface area contributed by atoms with Crippen LogP contribution in [0.4, 0.5) is 0 Å². The quantitative estimate of drug-likeness (QED) is 0.878. The third kappa shape index (κ3) is 2.78. The maximum atomic E-state index is 11.0. The Labute approximate surface area is 111 Å². The van der Waals surface area contributed by atoms with Gasteiger partial charge in [-0.2, -0.15) is 5.10 Å². The molecule has 1 N–H and O–H groups in total. The van der Waals surface area contributed by atoms with Crippen LogP contribution >= 0.6 is 0 Å². The van der Waals surface area contributed by atoms with E-state index >= 15 is 0 Å². The first-order valence-corrected chi connectivity index (χ1v) is 6.95. The number of hydrogen-bond donors (Lipinski definition) is 1. The summed E-state index contributed by atoms with van der Waals surface area (Å²) in [7, 11) is 0.